The number of urea groups is 1. The highest BCUT2D eigenvalue weighted by Crippen LogP contribution is 2.04. The van der Waals surface area contributed by atoms with Crippen molar-refractivity contribution in [2.24, 2.45) is 5.92 Å². The Labute approximate surface area is 90.2 Å². The lowest BCUT2D eigenvalue weighted by atomic mass is 10.1. The van der Waals surface area contributed by atoms with Gasteiger partial charge in [-0.15, -0.1) is 0 Å². The van der Waals surface area contributed by atoms with E-state index in [1.165, 1.54) is 0 Å². The molecule has 0 aromatic carbocycles. The van der Waals surface area contributed by atoms with Crippen molar-refractivity contribution in [2.75, 3.05) is 13.1 Å². The summed E-state index contributed by atoms with van der Waals surface area (Å²) in [5.74, 6) is -0.351. The fraction of sp³-hybridized carbons (Fsp3) is 0.800. The molecule has 0 aliphatic heterocycles. The summed E-state index contributed by atoms with van der Waals surface area (Å²) in [6.45, 7) is 4.58. The molecule has 15 heavy (non-hydrogen) atoms. The minimum absolute atomic E-state index is 0.335. The summed E-state index contributed by atoms with van der Waals surface area (Å²) in [6.07, 6.45) is 3.16. The number of amides is 2. The highest BCUT2D eigenvalue weighted by molar-refractivity contribution is 5.79. The van der Waals surface area contributed by atoms with Gasteiger partial charge in [0.2, 0.25) is 0 Å². The molecule has 0 saturated heterocycles. The molecule has 0 spiro atoms. The number of carbonyl (C=O) groups is 2. The van der Waals surface area contributed by atoms with Crippen molar-refractivity contribution >= 4 is 12.0 Å². The Morgan fingerprint density at radius 3 is 2.40 bits per heavy atom. The number of rotatable bonds is 7. The molecule has 5 nitrogen and oxygen atoms in total. The third kappa shape index (κ3) is 10.7. The lowest BCUT2D eigenvalue weighted by Gasteiger charge is -2.06. The lowest BCUT2D eigenvalue weighted by Crippen LogP contribution is -2.38. The molecule has 0 saturated carbocycles. The molecule has 88 valence electrons. The van der Waals surface area contributed by atoms with E-state index in [4.69, 9.17) is 5.11 Å². The number of hydrogen-bond acceptors (Lipinski definition) is 2. The Kier molecular flexibility index (Phi) is 7.40. The van der Waals surface area contributed by atoms with Crippen LogP contribution in [0.25, 0.3) is 0 Å². The van der Waals surface area contributed by atoms with Crippen LogP contribution in [-0.2, 0) is 4.79 Å². The van der Waals surface area contributed by atoms with E-state index in [1.54, 1.807) is 0 Å². The van der Waals surface area contributed by atoms with Crippen LogP contribution < -0.4 is 10.6 Å². The summed E-state index contributed by atoms with van der Waals surface area (Å²) < 4.78 is 0. The summed E-state index contributed by atoms with van der Waals surface area (Å²) in [7, 11) is 0. The molecule has 0 atom stereocenters. The maximum Gasteiger partial charge on any atom is 0.323 e. The van der Waals surface area contributed by atoms with Crippen LogP contribution in [0.2, 0.25) is 0 Å². The van der Waals surface area contributed by atoms with Gasteiger partial charge in [-0.2, -0.15) is 0 Å². The van der Waals surface area contributed by atoms with E-state index in [1.807, 2.05) is 0 Å². The largest absolute Gasteiger partial charge is 0.480 e. The first-order valence-electron chi connectivity index (χ1n) is 5.26. The van der Waals surface area contributed by atoms with E-state index in [-0.39, 0.29) is 6.54 Å². The molecule has 3 N–H and O–H groups in total. The fourth-order valence-electron chi connectivity index (χ4n) is 1.10. The predicted molar refractivity (Wildman–Crippen MR) is 57.7 cm³/mol. The quantitative estimate of drug-likeness (QED) is 0.559. The molecule has 0 aliphatic carbocycles. The standard InChI is InChI=1S/C10H20N2O3/c1-8(2)5-3-4-6-11-10(15)12-7-9(13)14/h8H,3-7H2,1-2H3,(H,13,14)(H2,11,12,15). The van der Waals surface area contributed by atoms with Gasteiger partial charge in [0.25, 0.3) is 0 Å². The molecule has 0 radical (unpaired) electrons. The fourth-order valence-corrected chi connectivity index (χ4v) is 1.10. The predicted octanol–water partition coefficient (Wildman–Crippen LogP) is 1.20. The normalized spacial score (nSPS) is 10.1. The van der Waals surface area contributed by atoms with Crippen LogP contribution in [0.1, 0.15) is 33.1 Å². The van der Waals surface area contributed by atoms with Gasteiger partial charge in [-0.25, -0.2) is 4.79 Å². The van der Waals surface area contributed by atoms with Gasteiger partial charge in [-0.3, -0.25) is 4.79 Å². The molecule has 0 aliphatic rings. The first-order valence-corrected chi connectivity index (χ1v) is 5.26. The van der Waals surface area contributed by atoms with Crippen molar-refractivity contribution in [1.82, 2.24) is 10.6 Å². The zero-order valence-corrected chi connectivity index (χ0v) is 9.38. The molecule has 0 aromatic rings. The number of hydrogen-bond donors (Lipinski definition) is 3. The Hall–Kier alpha value is -1.26. The second kappa shape index (κ2) is 8.08. The minimum Gasteiger partial charge on any atom is -0.480 e. The summed E-state index contributed by atoms with van der Waals surface area (Å²) in [5.41, 5.74) is 0. The maximum atomic E-state index is 11.0. The highest BCUT2D eigenvalue weighted by atomic mass is 16.4. The molecule has 0 aromatic heterocycles. The lowest BCUT2D eigenvalue weighted by molar-refractivity contribution is -0.135. The summed E-state index contributed by atoms with van der Waals surface area (Å²) >= 11 is 0. The van der Waals surface area contributed by atoms with Gasteiger partial charge in [0.1, 0.15) is 6.54 Å². The van der Waals surface area contributed by atoms with Crippen LogP contribution in [0.5, 0.6) is 0 Å². The minimum atomic E-state index is -1.04. The van der Waals surface area contributed by atoms with Crippen LogP contribution in [0.3, 0.4) is 0 Å². The van der Waals surface area contributed by atoms with Gasteiger partial charge in [0.05, 0.1) is 0 Å². The number of carboxylic acid groups (broad SMARTS) is 1. The van der Waals surface area contributed by atoms with Gasteiger partial charge in [-0.1, -0.05) is 26.7 Å². The zero-order valence-electron chi connectivity index (χ0n) is 9.38. The van der Waals surface area contributed by atoms with Crippen molar-refractivity contribution in [3.05, 3.63) is 0 Å². The molecular formula is C10H20N2O3. The van der Waals surface area contributed by atoms with Gasteiger partial charge in [0.15, 0.2) is 0 Å². The number of unbranched alkanes of at least 4 members (excludes halogenated alkanes) is 1. The molecular weight excluding hydrogens is 196 g/mol. The van der Waals surface area contributed by atoms with E-state index in [2.05, 4.69) is 24.5 Å². The maximum absolute atomic E-state index is 11.0. The van der Waals surface area contributed by atoms with E-state index in [9.17, 15) is 9.59 Å². The van der Waals surface area contributed by atoms with Crippen molar-refractivity contribution in [3.63, 3.8) is 0 Å². The third-order valence-electron chi connectivity index (χ3n) is 1.89. The average Bonchev–Trinajstić information content (AvgIpc) is 2.13. The van der Waals surface area contributed by atoms with Crippen LogP contribution in [0.4, 0.5) is 4.79 Å². The van der Waals surface area contributed by atoms with Crippen molar-refractivity contribution in [2.45, 2.75) is 33.1 Å². The second-order valence-electron chi connectivity index (χ2n) is 3.89. The number of aliphatic carboxylic acids is 1. The first-order chi connectivity index (χ1) is 7.02. The van der Waals surface area contributed by atoms with E-state index in [0.29, 0.717) is 12.5 Å². The molecule has 2 amide bonds. The SMILES string of the molecule is CC(C)CCCCNC(=O)NCC(=O)O. The number of carbonyl (C=O) groups excluding carboxylic acids is 1. The molecule has 0 rings (SSSR count). The zero-order chi connectivity index (χ0) is 11.7. The van der Waals surface area contributed by atoms with Gasteiger partial charge >= 0.3 is 12.0 Å². The first kappa shape index (κ1) is 13.7. The van der Waals surface area contributed by atoms with Crippen LogP contribution in [-0.4, -0.2) is 30.2 Å². The van der Waals surface area contributed by atoms with Crippen LogP contribution >= 0.6 is 0 Å². The van der Waals surface area contributed by atoms with E-state index >= 15 is 0 Å². The Balaban J connectivity index is 3.28. The Bertz CT molecular complexity index is 205. The van der Waals surface area contributed by atoms with Gasteiger partial charge in [-0.05, 0) is 12.3 Å². The highest BCUT2D eigenvalue weighted by Gasteiger charge is 2.01. The van der Waals surface area contributed by atoms with Gasteiger partial charge in [0, 0.05) is 6.54 Å². The van der Waals surface area contributed by atoms with Crippen molar-refractivity contribution < 1.29 is 14.7 Å². The molecule has 0 heterocycles. The number of carboxylic acids is 1. The van der Waals surface area contributed by atoms with Crippen LogP contribution in [0.15, 0.2) is 0 Å². The smallest absolute Gasteiger partial charge is 0.323 e. The summed E-state index contributed by atoms with van der Waals surface area (Å²) in [5, 5.41) is 13.1. The summed E-state index contributed by atoms with van der Waals surface area (Å²) in [6, 6.07) is -0.415. The van der Waals surface area contributed by atoms with Crippen molar-refractivity contribution in [1.29, 1.82) is 0 Å². The van der Waals surface area contributed by atoms with Crippen LogP contribution in [0, 0.1) is 5.92 Å². The van der Waals surface area contributed by atoms with E-state index < -0.39 is 12.0 Å². The molecule has 5 heteroatoms. The third-order valence-corrected chi connectivity index (χ3v) is 1.89. The Morgan fingerprint density at radius 1 is 1.20 bits per heavy atom. The Morgan fingerprint density at radius 2 is 1.87 bits per heavy atom. The monoisotopic (exact) mass is 216 g/mol. The van der Waals surface area contributed by atoms with E-state index in [0.717, 1.165) is 19.3 Å². The second-order valence-corrected chi connectivity index (χ2v) is 3.89. The summed E-state index contributed by atoms with van der Waals surface area (Å²) in [4.78, 5) is 21.1. The van der Waals surface area contributed by atoms with Gasteiger partial charge < -0.3 is 15.7 Å². The molecule has 0 fully saturated rings. The van der Waals surface area contributed by atoms with Crippen molar-refractivity contribution in [3.8, 4) is 0 Å². The molecule has 0 bridgehead atoms. The average molecular weight is 216 g/mol. The topological polar surface area (TPSA) is 78.4 Å². The number of nitrogens with one attached hydrogen (secondary N) is 2. The molecule has 0 unspecified atom stereocenters.